The third-order valence-corrected chi connectivity index (χ3v) is 9.71. The maximum absolute atomic E-state index is 13.9. The van der Waals surface area contributed by atoms with Crippen molar-refractivity contribution < 1.29 is 23.5 Å². The van der Waals surface area contributed by atoms with Crippen LogP contribution in [-0.4, -0.2) is 37.8 Å². The van der Waals surface area contributed by atoms with Gasteiger partial charge in [-0.25, -0.2) is 4.79 Å². The molecule has 0 bridgehead atoms. The number of aromatic carboxylic acids is 1. The highest BCUT2D eigenvalue weighted by Gasteiger charge is 2.43. The van der Waals surface area contributed by atoms with E-state index in [-0.39, 0.29) is 29.2 Å². The van der Waals surface area contributed by atoms with Gasteiger partial charge in [0.05, 0.1) is 11.7 Å². The maximum Gasteiger partial charge on any atom is 0.348 e. The molecule has 1 saturated carbocycles. The van der Waals surface area contributed by atoms with Crippen molar-refractivity contribution in [2.24, 2.45) is 5.92 Å². The zero-order valence-electron chi connectivity index (χ0n) is 21.2. The molecule has 2 aromatic carbocycles. The van der Waals surface area contributed by atoms with Gasteiger partial charge in [-0.15, -0.1) is 11.3 Å². The first-order chi connectivity index (χ1) is 18.3. The lowest BCUT2D eigenvalue weighted by atomic mass is 9.78. The number of nitrogens with zero attached hydrogens (tertiary/aromatic N) is 2. The molecule has 200 valence electrons. The third-order valence-electron chi connectivity index (χ3n) is 7.72. The molecule has 1 amide bonds. The first kappa shape index (κ1) is 26.6. The number of anilines is 2. The minimum atomic E-state index is -2.56. The predicted octanol–water partition coefficient (Wildman–Crippen LogP) is 6.17. The number of carbonyl (C=O) groups excluding carboxylic acids is 1. The van der Waals surface area contributed by atoms with Gasteiger partial charge < -0.3 is 14.6 Å². The summed E-state index contributed by atoms with van der Waals surface area (Å²) in [7, 11) is 0. The molecule has 0 spiro atoms. The van der Waals surface area contributed by atoms with Crippen molar-refractivity contribution in [3.8, 4) is 10.4 Å². The summed E-state index contributed by atoms with van der Waals surface area (Å²) in [6.07, 6.45) is 5.54. The fraction of sp³-hybridized carbons (Fsp3) is 0.379. The minimum absolute atomic E-state index is 0.0132. The van der Waals surface area contributed by atoms with Gasteiger partial charge in [0.2, 0.25) is 5.91 Å². The van der Waals surface area contributed by atoms with Gasteiger partial charge in [-0.1, -0.05) is 67.3 Å². The van der Waals surface area contributed by atoms with E-state index >= 15 is 0 Å². The molecule has 38 heavy (non-hydrogen) atoms. The van der Waals surface area contributed by atoms with Crippen LogP contribution in [0.5, 0.6) is 0 Å². The number of piperidine rings is 1. The van der Waals surface area contributed by atoms with Crippen LogP contribution in [0, 0.1) is 12.8 Å². The van der Waals surface area contributed by atoms with Gasteiger partial charge in [0.25, 0.3) is 0 Å². The lowest BCUT2D eigenvalue weighted by molar-refractivity contribution is -0.121. The van der Waals surface area contributed by atoms with Crippen LogP contribution in [0.2, 0.25) is 0 Å². The van der Waals surface area contributed by atoms with Crippen molar-refractivity contribution in [1.82, 2.24) is 0 Å². The molecule has 1 N–H and O–H groups in total. The molecule has 1 unspecified atom stereocenters. The van der Waals surface area contributed by atoms with Gasteiger partial charge in [0.1, 0.15) is 4.88 Å². The summed E-state index contributed by atoms with van der Waals surface area (Å²) in [5.74, 6) is -1.12. The zero-order chi connectivity index (χ0) is 26.8. The molecule has 2 aliphatic rings. The van der Waals surface area contributed by atoms with Crippen LogP contribution in [0.1, 0.15) is 60.2 Å². The smallest absolute Gasteiger partial charge is 0.348 e. The van der Waals surface area contributed by atoms with Crippen LogP contribution < -0.4 is 9.21 Å². The van der Waals surface area contributed by atoms with Gasteiger partial charge in [-0.05, 0) is 55.9 Å². The molecule has 1 aliphatic carbocycles. The van der Waals surface area contributed by atoms with E-state index in [0.717, 1.165) is 48.1 Å². The number of rotatable bonds is 7. The highest BCUT2D eigenvalue weighted by atomic mass is 32.2. The fourth-order valence-corrected chi connectivity index (χ4v) is 7.63. The Labute approximate surface area is 229 Å². The Morgan fingerprint density at radius 2 is 1.76 bits per heavy atom. The number of carboxylic acids is 1. The number of aryl methyl sites for hydroxylation is 1. The Morgan fingerprint density at radius 1 is 1.08 bits per heavy atom. The molecule has 0 radical (unpaired) electrons. The summed E-state index contributed by atoms with van der Waals surface area (Å²) < 4.78 is 26.2. The number of benzene rings is 2. The average Bonchev–Trinajstić information content (AvgIpc) is 3.36. The molecule has 2 heterocycles. The lowest BCUT2D eigenvalue weighted by Gasteiger charge is -2.47. The topological polar surface area (TPSA) is 101 Å². The summed E-state index contributed by atoms with van der Waals surface area (Å²) in [6, 6.07) is 17.8. The maximum atomic E-state index is 13.9. The van der Waals surface area contributed by atoms with Gasteiger partial charge in [-0.2, -0.15) is 0 Å². The summed E-state index contributed by atoms with van der Waals surface area (Å²) >= 11 is -1.39. The Morgan fingerprint density at radius 3 is 2.39 bits per heavy atom. The first-order valence-electron chi connectivity index (χ1n) is 13.0. The molecular formula is C29H31N2O5S2-. The van der Waals surface area contributed by atoms with Gasteiger partial charge in [0, 0.05) is 34.3 Å². The first-order valence-corrected chi connectivity index (χ1v) is 14.9. The van der Waals surface area contributed by atoms with Crippen molar-refractivity contribution in [3.05, 3.63) is 71.1 Å². The Hall–Kier alpha value is -3.01. The van der Waals surface area contributed by atoms with Gasteiger partial charge in [-0.3, -0.25) is 13.3 Å². The van der Waals surface area contributed by atoms with Crippen LogP contribution in [0.25, 0.3) is 10.4 Å². The second-order valence-electron chi connectivity index (χ2n) is 10.2. The molecule has 3 atom stereocenters. The van der Waals surface area contributed by atoms with E-state index in [2.05, 4.69) is 0 Å². The monoisotopic (exact) mass is 551 g/mol. The highest BCUT2D eigenvalue weighted by Crippen LogP contribution is 2.44. The summed E-state index contributed by atoms with van der Waals surface area (Å²) in [6.45, 7) is 1.94. The molecular weight excluding hydrogens is 520 g/mol. The van der Waals surface area contributed by atoms with E-state index < -0.39 is 23.3 Å². The van der Waals surface area contributed by atoms with E-state index in [9.17, 15) is 23.5 Å². The van der Waals surface area contributed by atoms with Crippen LogP contribution in [0.15, 0.2) is 60.7 Å². The van der Waals surface area contributed by atoms with Crippen LogP contribution >= 0.6 is 11.3 Å². The van der Waals surface area contributed by atoms with E-state index in [1.165, 1.54) is 15.6 Å². The molecule has 2 fully saturated rings. The molecule has 7 nitrogen and oxygen atoms in total. The largest absolute Gasteiger partial charge is 0.755 e. The number of amides is 1. The van der Waals surface area contributed by atoms with Gasteiger partial charge >= 0.3 is 5.97 Å². The van der Waals surface area contributed by atoms with E-state index in [1.54, 1.807) is 17.0 Å². The molecule has 1 aliphatic heterocycles. The summed E-state index contributed by atoms with van der Waals surface area (Å²) in [4.78, 5) is 28.9. The fourth-order valence-electron chi connectivity index (χ4n) is 5.93. The summed E-state index contributed by atoms with van der Waals surface area (Å²) in [5, 5.41) is 10.1. The Kier molecular flexibility index (Phi) is 7.97. The standard InChI is InChI=1S/C29H32N2O5S2/c1-19-12-14-22(15-13-19)31(38(35)36)23-16-24(20-8-4-2-5-9-20)30(27(32)17-23)25-18-26(37-28(25)29(33)34)21-10-6-3-7-11-21/h3,6-7,10-15,18,20,23-24H,2,4-5,8-9,16-17H2,1H3,(H,33,34)(H,35,36)/p-1/t23-,24-/m1/s1. The second kappa shape index (κ2) is 11.4. The third kappa shape index (κ3) is 5.41. The van der Waals surface area contributed by atoms with E-state index in [0.29, 0.717) is 17.8 Å². The summed E-state index contributed by atoms with van der Waals surface area (Å²) in [5.41, 5.74) is 2.87. The molecule has 3 aromatic rings. The van der Waals surface area contributed by atoms with Crippen molar-refractivity contribution in [3.63, 3.8) is 0 Å². The lowest BCUT2D eigenvalue weighted by Crippen LogP contribution is -2.56. The van der Waals surface area contributed by atoms with E-state index in [4.69, 9.17) is 0 Å². The van der Waals surface area contributed by atoms with Gasteiger partial charge in [0.15, 0.2) is 0 Å². The Bertz CT molecular complexity index is 1320. The second-order valence-corrected chi connectivity index (χ2v) is 12.1. The number of thiophene rings is 1. The zero-order valence-corrected chi connectivity index (χ0v) is 22.9. The van der Waals surface area contributed by atoms with Crippen LogP contribution in [0.4, 0.5) is 11.4 Å². The number of carbonyl (C=O) groups is 2. The average molecular weight is 552 g/mol. The normalized spacial score (nSPS) is 21.3. The molecule has 5 rings (SSSR count). The SMILES string of the molecule is Cc1ccc(N([C@H]2CC(=O)N(c3cc(-c4ccccc4)sc3C(=O)O)[C@@H](C3CCCCC3)C2)S(=O)[O-])cc1. The highest BCUT2D eigenvalue weighted by molar-refractivity contribution is 7.80. The number of hydrogen-bond donors (Lipinski definition) is 1. The minimum Gasteiger partial charge on any atom is -0.755 e. The molecule has 1 saturated heterocycles. The van der Waals surface area contributed by atoms with Crippen molar-refractivity contribution in [2.45, 2.75) is 64.0 Å². The predicted molar refractivity (Wildman–Crippen MR) is 150 cm³/mol. The van der Waals surface area contributed by atoms with Crippen LogP contribution in [-0.2, 0) is 16.1 Å². The molecule has 9 heteroatoms. The Balaban J connectivity index is 1.55. The van der Waals surface area contributed by atoms with Crippen molar-refractivity contribution in [2.75, 3.05) is 9.21 Å². The molecule has 1 aromatic heterocycles. The van der Waals surface area contributed by atoms with E-state index in [1.807, 2.05) is 55.5 Å². The quantitative estimate of drug-likeness (QED) is 0.354. The van der Waals surface area contributed by atoms with Crippen molar-refractivity contribution >= 4 is 45.9 Å². The van der Waals surface area contributed by atoms with Crippen LogP contribution in [0.3, 0.4) is 0 Å². The van der Waals surface area contributed by atoms with Crippen molar-refractivity contribution in [1.29, 1.82) is 0 Å². The number of hydrogen-bond acceptors (Lipinski definition) is 5. The number of carboxylic acid groups (broad SMARTS) is 1.